The van der Waals surface area contributed by atoms with Gasteiger partial charge in [-0.05, 0) is 63.1 Å². The Morgan fingerprint density at radius 1 is 1.05 bits per heavy atom. The summed E-state index contributed by atoms with van der Waals surface area (Å²) in [5, 5.41) is 20.4. The molecule has 232 valence electrons. The summed E-state index contributed by atoms with van der Waals surface area (Å²) < 4.78 is 24.9. The number of carbonyl (C=O) groups is 2. The minimum absolute atomic E-state index is 0.0129. The van der Waals surface area contributed by atoms with Gasteiger partial charge in [0.1, 0.15) is 17.3 Å². The summed E-state index contributed by atoms with van der Waals surface area (Å²) >= 11 is 0. The number of nitrogens with one attached hydrogen (secondary N) is 1. The van der Waals surface area contributed by atoms with Crippen molar-refractivity contribution < 1.29 is 27.9 Å². The van der Waals surface area contributed by atoms with Crippen LogP contribution in [0.2, 0.25) is 0 Å². The Morgan fingerprint density at radius 3 is 2.36 bits per heavy atom. The maximum atomic E-state index is 13.6. The number of benzene rings is 3. The summed E-state index contributed by atoms with van der Waals surface area (Å²) in [6.45, 7) is 8.52. The number of nitrogens with two attached hydrogens (primary N) is 1. The van der Waals surface area contributed by atoms with E-state index in [1.165, 1.54) is 18.2 Å². The molecule has 0 heterocycles. The van der Waals surface area contributed by atoms with Gasteiger partial charge in [0.2, 0.25) is 5.91 Å². The van der Waals surface area contributed by atoms with Gasteiger partial charge in [-0.3, -0.25) is 9.59 Å². The van der Waals surface area contributed by atoms with Crippen molar-refractivity contribution >= 4 is 44.3 Å². The molecular formula is C31H36N6O6S. The highest BCUT2D eigenvalue weighted by molar-refractivity contribution is 7.90. The molecule has 1 unspecified atom stereocenters. The highest BCUT2D eigenvalue weighted by atomic mass is 32.2. The molecule has 13 heteroatoms. The lowest BCUT2D eigenvalue weighted by molar-refractivity contribution is -0.211. The van der Waals surface area contributed by atoms with Crippen LogP contribution in [0.3, 0.4) is 0 Å². The van der Waals surface area contributed by atoms with Crippen molar-refractivity contribution in [2.24, 2.45) is 22.0 Å². The van der Waals surface area contributed by atoms with Gasteiger partial charge < -0.3 is 15.1 Å². The molecule has 3 rings (SSSR count). The third-order valence-corrected chi connectivity index (χ3v) is 8.03. The number of sulfone groups is 1. The Morgan fingerprint density at radius 2 is 1.75 bits per heavy atom. The first-order valence-electron chi connectivity index (χ1n) is 13.9. The average Bonchev–Trinajstić information content (AvgIpc) is 2.97. The van der Waals surface area contributed by atoms with E-state index < -0.39 is 21.7 Å². The van der Waals surface area contributed by atoms with Crippen molar-refractivity contribution in [3.05, 3.63) is 71.3 Å². The third kappa shape index (κ3) is 8.47. The summed E-state index contributed by atoms with van der Waals surface area (Å²) in [5.41, 5.74) is 3.47. The lowest BCUT2D eigenvalue weighted by Gasteiger charge is -2.23. The average molecular weight is 621 g/mol. The molecule has 3 N–H and O–H groups in total. The van der Waals surface area contributed by atoms with E-state index in [0.29, 0.717) is 30.8 Å². The molecule has 3 aromatic rings. The van der Waals surface area contributed by atoms with Crippen LogP contribution in [0, 0.1) is 31.1 Å². The Bertz CT molecular complexity index is 1700. The molecule has 0 spiro atoms. The largest absolute Gasteiger partial charge is 0.371 e. The van der Waals surface area contributed by atoms with Crippen molar-refractivity contribution in [3.63, 3.8) is 0 Å². The number of Topliss-reactive ketones (excluding diaryl/α,β-unsaturated/α-hetero) is 1. The Kier molecular flexibility index (Phi) is 11.7. The standard InChI is InChI=1S/C31H36N6O6S/c1-6-24(30(38)25-12-9-20(3)17-21(25)4)31(39)34-28-18-22(37(7-2)16-8-15-32)10-13-26(28)35-36-27-14-11-23(42-43-33)19-29(27)44(5,40)41/h9-14,17-19,24H,6-8,16,33H2,1-5H3,(H,34,39). The van der Waals surface area contributed by atoms with Crippen molar-refractivity contribution in [1.29, 1.82) is 5.26 Å². The summed E-state index contributed by atoms with van der Waals surface area (Å²) in [7, 11) is -3.77. The number of rotatable bonds is 14. The van der Waals surface area contributed by atoms with Gasteiger partial charge >= 0.3 is 0 Å². The number of ketones is 1. The molecule has 1 atom stereocenters. The Labute approximate surface area is 257 Å². The lowest BCUT2D eigenvalue weighted by Crippen LogP contribution is -2.30. The molecule has 0 aliphatic carbocycles. The summed E-state index contributed by atoms with van der Waals surface area (Å²) in [4.78, 5) is 37.7. The van der Waals surface area contributed by atoms with Gasteiger partial charge in [0.15, 0.2) is 21.4 Å². The van der Waals surface area contributed by atoms with Crippen LogP contribution in [-0.2, 0) is 19.6 Å². The Hall–Kier alpha value is -4.64. The van der Waals surface area contributed by atoms with Crippen LogP contribution in [0.5, 0.6) is 5.75 Å². The number of azo groups is 1. The number of anilines is 2. The van der Waals surface area contributed by atoms with Gasteiger partial charge in [0, 0.05) is 36.7 Å². The van der Waals surface area contributed by atoms with Gasteiger partial charge in [-0.1, -0.05) is 35.7 Å². The van der Waals surface area contributed by atoms with E-state index in [0.717, 1.165) is 17.4 Å². The van der Waals surface area contributed by atoms with Crippen molar-refractivity contribution in [2.45, 2.75) is 45.4 Å². The van der Waals surface area contributed by atoms with Gasteiger partial charge in [0.05, 0.1) is 23.1 Å². The minimum atomic E-state index is -3.77. The van der Waals surface area contributed by atoms with Gasteiger partial charge in [0.25, 0.3) is 0 Å². The quantitative estimate of drug-likeness (QED) is 0.0731. The fraction of sp³-hybridized carbons (Fsp3) is 0.323. The molecule has 0 radical (unpaired) electrons. The molecule has 0 fully saturated rings. The molecule has 44 heavy (non-hydrogen) atoms. The maximum absolute atomic E-state index is 13.6. The Balaban J connectivity index is 2.05. The lowest BCUT2D eigenvalue weighted by atomic mass is 9.91. The van der Waals surface area contributed by atoms with E-state index in [4.69, 9.17) is 16.0 Å². The number of nitriles is 1. The summed E-state index contributed by atoms with van der Waals surface area (Å²) in [6.07, 6.45) is 1.56. The highest BCUT2D eigenvalue weighted by Crippen LogP contribution is 2.35. The van der Waals surface area contributed by atoms with E-state index in [2.05, 4.69) is 26.6 Å². The molecule has 1 amide bonds. The van der Waals surface area contributed by atoms with E-state index in [1.54, 1.807) is 31.2 Å². The molecule has 12 nitrogen and oxygen atoms in total. The normalized spacial score (nSPS) is 12.0. The number of amides is 1. The smallest absolute Gasteiger partial charge is 0.235 e. The van der Waals surface area contributed by atoms with E-state index >= 15 is 0 Å². The molecule has 0 saturated carbocycles. The summed E-state index contributed by atoms with van der Waals surface area (Å²) in [5.74, 6) is 3.18. The topological polar surface area (TPSA) is 177 Å². The number of carbonyl (C=O) groups excluding carboxylic acids is 2. The van der Waals surface area contributed by atoms with Crippen molar-refractivity contribution in [1.82, 2.24) is 0 Å². The van der Waals surface area contributed by atoms with Gasteiger partial charge in [-0.2, -0.15) is 11.2 Å². The highest BCUT2D eigenvalue weighted by Gasteiger charge is 2.28. The van der Waals surface area contributed by atoms with Crippen LogP contribution in [0.25, 0.3) is 0 Å². The SMILES string of the molecule is CCC(C(=O)Nc1cc(N(CC)CCC#N)ccc1N=Nc1ccc(OON)cc1S(C)(=O)=O)C(=O)c1ccc(C)cc1C. The molecule has 0 aromatic heterocycles. The predicted octanol–water partition coefficient (Wildman–Crippen LogP) is 5.89. The van der Waals surface area contributed by atoms with E-state index in [-0.39, 0.29) is 39.9 Å². The second-order valence-electron chi connectivity index (χ2n) is 10.1. The van der Waals surface area contributed by atoms with E-state index in [1.807, 2.05) is 37.8 Å². The molecule has 0 aliphatic rings. The zero-order chi connectivity index (χ0) is 32.4. The monoisotopic (exact) mass is 620 g/mol. The predicted molar refractivity (Wildman–Crippen MR) is 167 cm³/mol. The fourth-order valence-corrected chi connectivity index (χ4v) is 5.46. The second kappa shape index (κ2) is 15.2. The van der Waals surface area contributed by atoms with Crippen molar-refractivity contribution in [3.8, 4) is 11.8 Å². The number of hydrogen-bond donors (Lipinski definition) is 2. The zero-order valence-electron chi connectivity index (χ0n) is 25.3. The maximum Gasteiger partial charge on any atom is 0.235 e. The molecular weight excluding hydrogens is 584 g/mol. The van der Waals surface area contributed by atoms with Crippen LogP contribution >= 0.6 is 0 Å². The first-order chi connectivity index (χ1) is 20.9. The first-order valence-corrected chi connectivity index (χ1v) is 15.8. The first kappa shape index (κ1) is 33.9. The van der Waals surface area contributed by atoms with Crippen LogP contribution in [0.4, 0.5) is 22.7 Å². The van der Waals surface area contributed by atoms with Gasteiger partial charge in [-0.15, -0.1) is 10.2 Å². The number of aryl methyl sites for hydroxylation is 2. The van der Waals surface area contributed by atoms with Crippen LogP contribution in [0.1, 0.15) is 48.2 Å². The van der Waals surface area contributed by atoms with Gasteiger partial charge in [-0.25, -0.2) is 8.42 Å². The zero-order valence-corrected chi connectivity index (χ0v) is 26.1. The minimum Gasteiger partial charge on any atom is -0.371 e. The molecule has 3 aromatic carbocycles. The van der Waals surface area contributed by atoms with E-state index in [9.17, 15) is 18.0 Å². The van der Waals surface area contributed by atoms with Crippen LogP contribution in [0.15, 0.2) is 69.7 Å². The number of nitrogens with zero attached hydrogens (tertiary/aromatic N) is 4. The molecule has 0 bridgehead atoms. The summed E-state index contributed by atoms with van der Waals surface area (Å²) in [6, 6.07) is 16.6. The third-order valence-electron chi connectivity index (χ3n) is 6.91. The van der Waals surface area contributed by atoms with Crippen molar-refractivity contribution in [2.75, 3.05) is 29.6 Å². The fourth-order valence-electron chi connectivity index (χ4n) is 4.64. The number of hydrogen-bond acceptors (Lipinski definition) is 11. The second-order valence-corrected chi connectivity index (χ2v) is 12.1. The molecule has 0 saturated heterocycles. The molecule has 0 aliphatic heterocycles. The van der Waals surface area contributed by atoms with Crippen LogP contribution < -0.4 is 21.0 Å². The van der Waals surface area contributed by atoms with Crippen LogP contribution in [-0.4, -0.2) is 39.5 Å².